The predicted molar refractivity (Wildman–Crippen MR) is 156 cm³/mol. The van der Waals surface area contributed by atoms with Crippen molar-refractivity contribution >= 4 is 45.0 Å². The molecule has 178 valence electrons. The van der Waals surface area contributed by atoms with Gasteiger partial charge in [0.1, 0.15) is 0 Å². The maximum Gasteiger partial charge on any atom is 0.0985 e. The van der Waals surface area contributed by atoms with E-state index in [2.05, 4.69) is 121 Å². The van der Waals surface area contributed by atoms with Crippen LogP contribution in [0.25, 0.3) is 56.4 Å². The monoisotopic (exact) mass is 469 g/mol. The van der Waals surface area contributed by atoms with Crippen molar-refractivity contribution < 1.29 is 0 Å². The summed E-state index contributed by atoms with van der Waals surface area (Å²) in [5.41, 5.74) is 10.1. The summed E-state index contributed by atoms with van der Waals surface area (Å²) in [6, 6.07) is 27.7. The number of fused-ring (bicyclic) bond motifs is 5. The van der Waals surface area contributed by atoms with E-state index in [9.17, 15) is 0 Å². The summed E-state index contributed by atoms with van der Waals surface area (Å²) < 4.78 is 4.71. The average molecular weight is 470 g/mol. The number of hydrogen-bond donors (Lipinski definition) is 0. The van der Waals surface area contributed by atoms with Crippen molar-refractivity contribution in [2.75, 3.05) is 0 Å². The van der Waals surface area contributed by atoms with Crippen LogP contribution in [0.15, 0.2) is 97.7 Å². The number of rotatable bonds is 4. The van der Waals surface area contributed by atoms with Gasteiger partial charge in [-0.1, -0.05) is 81.1 Å². The van der Waals surface area contributed by atoms with Crippen LogP contribution in [0.4, 0.5) is 0 Å². The Labute approximate surface area is 212 Å². The Hall–Kier alpha value is -4.37. The van der Waals surface area contributed by atoms with Gasteiger partial charge in [0.25, 0.3) is 0 Å². The zero-order chi connectivity index (χ0) is 25.2. The fraction of sp³-hybridized carbons (Fsp3) is 0.121. The predicted octanol–water partition coefficient (Wildman–Crippen LogP) is 9.13. The van der Waals surface area contributed by atoms with Crippen LogP contribution in [0.5, 0.6) is 0 Å². The third-order valence-electron chi connectivity index (χ3n) is 6.48. The smallest absolute Gasteiger partial charge is 0.0985 e. The van der Waals surface area contributed by atoms with Crippen LogP contribution in [0.2, 0.25) is 0 Å². The Kier molecular flexibility index (Phi) is 6.30. The van der Waals surface area contributed by atoms with E-state index in [0.717, 1.165) is 55.5 Å². The van der Waals surface area contributed by atoms with Crippen LogP contribution in [-0.4, -0.2) is 14.1 Å². The lowest BCUT2D eigenvalue weighted by atomic mass is 10.1. The lowest BCUT2D eigenvalue weighted by Gasteiger charge is -2.13. The molecule has 0 saturated carbocycles. The summed E-state index contributed by atoms with van der Waals surface area (Å²) in [5.74, 6) is 0. The second kappa shape index (κ2) is 9.71. The molecule has 3 aromatic carbocycles. The summed E-state index contributed by atoms with van der Waals surface area (Å²) in [6.07, 6.45) is 8.20. The summed E-state index contributed by atoms with van der Waals surface area (Å²) in [5, 5.41) is 2.24. The van der Waals surface area contributed by atoms with Crippen molar-refractivity contribution in [2.45, 2.75) is 27.7 Å². The third-order valence-corrected chi connectivity index (χ3v) is 6.48. The lowest BCUT2D eigenvalue weighted by molar-refractivity contribution is 1.09. The maximum atomic E-state index is 5.02. The first-order chi connectivity index (χ1) is 17.7. The summed E-state index contributed by atoms with van der Waals surface area (Å²) in [6.45, 7) is 12.4. The largest absolute Gasteiger partial charge is 0.307 e. The van der Waals surface area contributed by atoms with Crippen molar-refractivity contribution in [2.24, 2.45) is 0 Å². The van der Waals surface area contributed by atoms with Gasteiger partial charge < -0.3 is 9.13 Å². The number of pyridine rings is 1. The van der Waals surface area contributed by atoms with Crippen LogP contribution in [-0.2, 0) is 0 Å². The molecule has 0 fully saturated rings. The van der Waals surface area contributed by atoms with Crippen molar-refractivity contribution in [3.63, 3.8) is 0 Å². The van der Waals surface area contributed by atoms with Gasteiger partial charge in [-0.05, 0) is 55.8 Å². The van der Waals surface area contributed by atoms with Crippen LogP contribution in [0.3, 0.4) is 0 Å². The minimum Gasteiger partial charge on any atom is -0.307 e. The number of hydrogen-bond acceptors (Lipinski definition) is 1. The molecular formula is C33H31N3. The van der Waals surface area contributed by atoms with Gasteiger partial charge in [0.2, 0.25) is 0 Å². The molecule has 3 heterocycles. The molecule has 0 radical (unpaired) electrons. The first-order valence-electron chi connectivity index (χ1n) is 12.6. The van der Waals surface area contributed by atoms with Crippen LogP contribution >= 0.6 is 0 Å². The quantitative estimate of drug-likeness (QED) is 0.252. The highest BCUT2D eigenvalue weighted by Gasteiger charge is 2.23. The average Bonchev–Trinajstić information content (AvgIpc) is 3.43. The molecule has 6 aromatic rings. The molecule has 3 heteroatoms. The van der Waals surface area contributed by atoms with Gasteiger partial charge in [0.05, 0.1) is 27.8 Å². The highest BCUT2D eigenvalue weighted by molar-refractivity contribution is 6.17. The molecule has 0 spiro atoms. The molecule has 0 bridgehead atoms. The van der Waals surface area contributed by atoms with Crippen molar-refractivity contribution in [1.82, 2.24) is 14.1 Å². The second-order valence-electron chi connectivity index (χ2n) is 8.58. The lowest BCUT2D eigenvalue weighted by Crippen LogP contribution is -2.00. The van der Waals surface area contributed by atoms with Crippen LogP contribution in [0.1, 0.15) is 37.6 Å². The molecule has 6 rings (SSSR count). The van der Waals surface area contributed by atoms with Gasteiger partial charge in [-0.15, -0.1) is 0 Å². The van der Waals surface area contributed by atoms with E-state index in [-0.39, 0.29) is 0 Å². The number of benzene rings is 3. The second-order valence-corrected chi connectivity index (χ2v) is 8.58. The van der Waals surface area contributed by atoms with Crippen molar-refractivity contribution in [1.29, 1.82) is 0 Å². The van der Waals surface area contributed by atoms with E-state index >= 15 is 0 Å². The topological polar surface area (TPSA) is 22.8 Å². The molecule has 0 atom stereocenters. The van der Waals surface area contributed by atoms with Gasteiger partial charge in [0, 0.05) is 33.9 Å². The standard InChI is InChI=1S/C31H25N3.C2H6/c1-4-12-27-24(5-2)26-20-32-29-25-17-9-10-18-28(25)34(23-16-11-13-21(3)19-23)31(29)30(26)33(27)22-14-7-6-8-15-22;1-2/h4-20H,2H2,1,3H3;1-2H3/b12-4-;. The molecule has 0 saturated heterocycles. The van der Waals surface area contributed by atoms with Gasteiger partial charge in [-0.25, -0.2) is 0 Å². The van der Waals surface area contributed by atoms with E-state index in [1.165, 1.54) is 5.56 Å². The number of aryl methyl sites for hydroxylation is 1. The van der Waals surface area contributed by atoms with Gasteiger partial charge in [-0.3, -0.25) is 4.98 Å². The first kappa shape index (κ1) is 23.4. The molecule has 36 heavy (non-hydrogen) atoms. The van der Waals surface area contributed by atoms with Crippen molar-refractivity contribution in [3.05, 3.63) is 115 Å². The molecule has 0 aliphatic rings. The number of nitrogens with zero attached hydrogens (tertiary/aromatic N) is 3. The maximum absolute atomic E-state index is 5.02. The highest BCUT2D eigenvalue weighted by atomic mass is 15.1. The fourth-order valence-electron chi connectivity index (χ4n) is 5.11. The fourth-order valence-corrected chi connectivity index (χ4v) is 5.11. The molecule has 3 aromatic heterocycles. The first-order valence-corrected chi connectivity index (χ1v) is 12.6. The SMILES string of the molecule is C=Cc1c(/C=C\C)n(-c2ccccc2)c2c1cnc1c3ccccc3n(-c3cccc(C)c3)c12.CC. The van der Waals surface area contributed by atoms with Crippen molar-refractivity contribution in [3.8, 4) is 11.4 Å². The minimum atomic E-state index is 1.00. The van der Waals surface area contributed by atoms with Crippen LogP contribution < -0.4 is 0 Å². The Balaban J connectivity index is 0.00000130. The van der Waals surface area contributed by atoms with E-state index in [1.807, 2.05) is 26.1 Å². The van der Waals surface area contributed by atoms with E-state index in [1.54, 1.807) is 0 Å². The highest BCUT2D eigenvalue weighted by Crippen LogP contribution is 2.40. The summed E-state index contributed by atoms with van der Waals surface area (Å²) in [7, 11) is 0. The number of aromatic nitrogens is 3. The Morgan fingerprint density at radius 3 is 2.22 bits per heavy atom. The summed E-state index contributed by atoms with van der Waals surface area (Å²) >= 11 is 0. The van der Waals surface area contributed by atoms with E-state index < -0.39 is 0 Å². The Bertz CT molecular complexity index is 1730. The summed E-state index contributed by atoms with van der Waals surface area (Å²) in [4.78, 5) is 5.02. The molecule has 0 aliphatic heterocycles. The number of allylic oxidation sites excluding steroid dienone is 1. The van der Waals surface area contributed by atoms with Gasteiger partial charge in [-0.2, -0.15) is 0 Å². The minimum absolute atomic E-state index is 1.00. The van der Waals surface area contributed by atoms with Crippen LogP contribution in [0, 0.1) is 6.92 Å². The zero-order valence-corrected chi connectivity index (χ0v) is 21.4. The Morgan fingerprint density at radius 2 is 1.50 bits per heavy atom. The molecule has 3 nitrogen and oxygen atoms in total. The third kappa shape index (κ3) is 3.56. The molecular weight excluding hydrogens is 438 g/mol. The molecule has 0 amide bonds. The zero-order valence-electron chi connectivity index (χ0n) is 21.4. The normalized spacial score (nSPS) is 11.3. The molecule has 0 unspecified atom stereocenters. The van der Waals surface area contributed by atoms with E-state index in [0.29, 0.717) is 0 Å². The van der Waals surface area contributed by atoms with Gasteiger partial charge >= 0.3 is 0 Å². The molecule has 0 aliphatic carbocycles. The molecule has 0 N–H and O–H groups in total. The van der Waals surface area contributed by atoms with Gasteiger partial charge in [0.15, 0.2) is 0 Å². The Morgan fingerprint density at radius 1 is 0.778 bits per heavy atom. The number of para-hydroxylation sites is 2. The van der Waals surface area contributed by atoms with E-state index in [4.69, 9.17) is 4.98 Å².